The zero-order chi connectivity index (χ0) is 11.0. The normalized spacial score (nSPS) is 40.7. The summed E-state index contributed by atoms with van der Waals surface area (Å²) in [5, 5.41) is 3.60. The van der Waals surface area contributed by atoms with E-state index in [1.165, 1.54) is 45.2 Å². The van der Waals surface area contributed by atoms with Crippen molar-refractivity contribution in [1.82, 2.24) is 10.2 Å². The van der Waals surface area contributed by atoms with Gasteiger partial charge in [-0.15, -0.1) is 0 Å². The van der Waals surface area contributed by atoms with E-state index in [1.807, 2.05) is 0 Å². The Kier molecular flexibility index (Phi) is 3.21. The topological polar surface area (TPSA) is 15.3 Å². The summed E-state index contributed by atoms with van der Waals surface area (Å²) >= 11 is 0. The first-order valence-corrected chi connectivity index (χ1v) is 7.34. The van der Waals surface area contributed by atoms with Gasteiger partial charge in [-0.25, -0.2) is 0 Å². The molecule has 0 amide bonds. The zero-order valence-corrected chi connectivity index (χ0v) is 10.6. The highest BCUT2D eigenvalue weighted by molar-refractivity contribution is 4.96. The minimum Gasteiger partial charge on any atom is -0.314 e. The van der Waals surface area contributed by atoms with Gasteiger partial charge in [0, 0.05) is 12.1 Å². The van der Waals surface area contributed by atoms with Gasteiger partial charge in [0.05, 0.1) is 0 Å². The molecule has 1 saturated heterocycles. The van der Waals surface area contributed by atoms with Crippen LogP contribution in [0.5, 0.6) is 0 Å². The number of rotatable bonds is 3. The first-order valence-electron chi connectivity index (χ1n) is 7.34. The van der Waals surface area contributed by atoms with E-state index in [4.69, 9.17) is 0 Å². The average molecular weight is 222 g/mol. The number of fused-ring (bicyclic) bond motifs is 2. The Bertz CT molecular complexity index is 233. The molecule has 3 unspecified atom stereocenters. The maximum absolute atomic E-state index is 3.60. The second-order valence-electron chi connectivity index (χ2n) is 6.11. The van der Waals surface area contributed by atoms with Crippen molar-refractivity contribution in [2.24, 2.45) is 11.8 Å². The minimum absolute atomic E-state index is 0.805. The number of likely N-dealkylation sites (tertiary alicyclic amines) is 1. The molecule has 2 heteroatoms. The molecule has 3 fully saturated rings. The number of hydrogen-bond acceptors (Lipinski definition) is 2. The van der Waals surface area contributed by atoms with Gasteiger partial charge >= 0.3 is 0 Å². The Hall–Kier alpha value is -0.0800. The van der Waals surface area contributed by atoms with Crippen LogP contribution in [0.15, 0.2) is 0 Å². The lowest BCUT2D eigenvalue weighted by atomic mass is 9.92. The Morgan fingerprint density at radius 2 is 1.88 bits per heavy atom. The fourth-order valence-corrected chi connectivity index (χ4v) is 4.38. The van der Waals surface area contributed by atoms with Crippen LogP contribution in [0.1, 0.15) is 45.4 Å². The van der Waals surface area contributed by atoms with E-state index in [0.29, 0.717) is 0 Å². The van der Waals surface area contributed by atoms with Crippen LogP contribution in [0, 0.1) is 11.8 Å². The van der Waals surface area contributed by atoms with Gasteiger partial charge in [-0.05, 0) is 63.6 Å². The van der Waals surface area contributed by atoms with Gasteiger partial charge in [0.15, 0.2) is 0 Å². The summed E-state index contributed by atoms with van der Waals surface area (Å²) in [6.45, 7) is 6.07. The van der Waals surface area contributed by atoms with E-state index in [9.17, 15) is 0 Å². The van der Waals surface area contributed by atoms with Gasteiger partial charge in [0.2, 0.25) is 0 Å². The summed E-state index contributed by atoms with van der Waals surface area (Å²) in [5.74, 6) is 2.17. The summed E-state index contributed by atoms with van der Waals surface area (Å²) < 4.78 is 0. The molecule has 2 saturated carbocycles. The quantitative estimate of drug-likeness (QED) is 0.788. The molecule has 92 valence electrons. The lowest BCUT2D eigenvalue weighted by molar-refractivity contribution is 0.105. The van der Waals surface area contributed by atoms with Gasteiger partial charge in [-0.3, -0.25) is 4.90 Å². The third-order valence-electron chi connectivity index (χ3n) is 5.19. The van der Waals surface area contributed by atoms with Crippen molar-refractivity contribution in [3.63, 3.8) is 0 Å². The fraction of sp³-hybridized carbons (Fsp3) is 1.00. The second kappa shape index (κ2) is 4.66. The molecule has 16 heavy (non-hydrogen) atoms. The maximum Gasteiger partial charge on any atom is 0.0126 e. The Morgan fingerprint density at radius 1 is 1.06 bits per heavy atom. The molecule has 0 aromatic carbocycles. The monoisotopic (exact) mass is 222 g/mol. The predicted octanol–water partition coefficient (Wildman–Crippen LogP) is 2.25. The van der Waals surface area contributed by atoms with Crippen LogP contribution in [0.3, 0.4) is 0 Å². The lowest BCUT2D eigenvalue weighted by Gasteiger charge is -2.39. The number of piperidine rings is 1. The molecule has 1 heterocycles. The van der Waals surface area contributed by atoms with Crippen LogP contribution >= 0.6 is 0 Å². The molecular formula is C14H26N2. The van der Waals surface area contributed by atoms with E-state index in [-0.39, 0.29) is 0 Å². The fourth-order valence-electron chi connectivity index (χ4n) is 4.38. The molecule has 3 atom stereocenters. The molecule has 0 aromatic heterocycles. The lowest BCUT2D eigenvalue weighted by Crippen LogP contribution is -2.48. The first-order chi connectivity index (χ1) is 7.86. The van der Waals surface area contributed by atoms with E-state index >= 15 is 0 Å². The largest absolute Gasteiger partial charge is 0.314 e. The first kappa shape index (κ1) is 11.0. The molecule has 0 spiro atoms. The Balaban J connectivity index is 1.51. The average Bonchev–Trinajstić information content (AvgIpc) is 2.92. The predicted molar refractivity (Wildman–Crippen MR) is 67.5 cm³/mol. The number of nitrogens with zero attached hydrogens (tertiary/aromatic N) is 1. The number of hydrogen-bond donors (Lipinski definition) is 1. The van der Waals surface area contributed by atoms with Crippen molar-refractivity contribution >= 4 is 0 Å². The summed E-state index contributed by atoms with van der Waals surface area (Å²) in [6, 6.07) is 1.78. The van der Waals surface area contributed by atoms with Crippen molar-refractivity contribution in [2.45, 2.75) is 57.5 Å². The van der Waals surface area contributed by atoms with E-state index < -0.39 is 0 Å². The van der Waals surface area contributed by atoms with Crippen LogP contribution in [0.4, 0.5) is 0 Å². The van der Waals surface area contributed by atoms with Crippen LogP contribution in [0.2, 0.25) is 0 Å². The van der Waals surface area contributed by atoms with E-state index in [0.717, 1.165) is 30.5 Å². The van der Waals surface area contributed by atoms with Crippen molar-refractivity contribution in [3.05, 3.63) is 0 Å². The molecule has 0 radical (unpaired) electrons. The van der Waals surface area contributed by atoms with Gasteiger partial charge in [-0.1, -0.05) is 13.3 Å². The van der Waals surface area contributed by atoms with Crippen LogP contribution in [0.25, 0.3) is 0 Å². The molecule has 3 rings (SSSR count). The van der Waals surface area contributed by atoms with Crippen molar-refractivity contribution in [2.75, 3.05) is 19.6 Å². The highest BCUT2D eigenvalue weighted by Crippen LogP contribution is 2.47. The van der Waals surface area contributed by atoms with Gasteiger partial charge in [0.25, 0.3) is 0 Å². The van der Waals surface area contributed by atoms with Crippen LogP contribution in [-0.2, 0) is 0 Å². The molecule has 2 aliphatic carbocycles. The molecule has 2 bridgehead atoms. The second-order valence-corrected chi connectivity index (χ2v) is 6.11. The van der Waals surface area contributed by atoms with Crippen molar-refractivity contribution in [3.8, 4) is 0 Å². The molecule has 1 N–H and O–H groups in total. The molecule has 3 aliphatic rings. The van der Waals surface area contributed by atoms with Gasteiger partial charge < -0.3 is 5.32 Å². The highest BCUT2D eigenvalue weighted by atomic mass is 15.2. The highest BCUT2D eigenvalue weighted by Gasteiger charge is 2.42. The van der Waals surface area contributed by atoms with Crippen LogP contribution in [-0.4, -0.2) is 36.6 Å². The third-order valence-corrected chi connectivity index (χ3v) is 5.19. The van der Waals surface area contributed by atoms with E-state index in [1.54, 1.807) is 6.42 Å². The minimum atomic E-state index is 0.805. The third kappa shape index (κ3) is 2.02. The zero-order valence-electron chi connectivity index (χ0n) is 10.6. The standard InChI is InChI=1S/C14H26N2/c1-2-15-13-5-7-16(8-6-13)14-10-11-3-4-12(14)9-11/h11-15H,2-10H2,1H3. The van der Waals surface area contributed by atoms with Crippen molar-refractivity contribution in [1.29, 1.82) is 0 Å². The molecular weight excluding hydrogens is 196 g/mol. The number of nitrogens with one attached hydrogen (secondary N) is 1. The van der Waals surface area contributed by atoms with Crippen molar-refractivity contribution < 1.29 is 0 Å². The Labute approximate surface area is 99.8 Å². The molecule has 1 aliphatic heterocycles. The summed E-state index contributed by atoms with van der Waals surface area (Å²) in [6.07, 6.45) is 8.90. The molecule has 0 aromatic rings. The van der Waals surface area contributed by atoms with Gasteiger partial charge in [0.1, 0.15) is 0 Å². The van der Waals surface area contributed by atoms with Gasteiger partial charge in [-0.2, -0.15) is 0 Å². The Morgan fingerprint density at radius 3 is 2.44 bits per heavy atom. The smallest absolute Gasteiger partial charge is 0.0126 e. The van der Waals surface area contributed by atoms with Crippen LogP contribution < -0.4 is 5.32 Å². The maximum atomic E-state index is 3.60. The SMILES string of the molecule is CCNC1CCN(C2CC3CCC2C3)CC1. The van der Waals surface area contributed by atoms with E-state index in [2.05, 4.69) is 17.1 Å². The summed E-state index contributed by atoms with van der Waals surface area (Å²) in [7, 11) is 0. The molecule has 2 nitrogen and oxygen atoms in total. The summed E-state index contributed by atoms with van der Waals surface area (Å²) in [4.78, 5) is 2.82. The summed E-state index contributed by atoms with van der Waals surface area (Å²) in [5.41, 5.74) is 0.